The number of benzene rings is 2. The number of rotatable bonds is 4. The van der Waals surface area contributed by atoms with Gasteiger partial charge >= 0.3 is 0 Å². The zero-order chi connectivity index (χ0) is 34.1. The van der Waals surface area contributed by atoms with E-state index in [0.717, 1.165) is 0 Å². The van der Waals surface area contributed by atoms with Crippen LogP contribution in [0.2, 0.25) is 0 Å². The topological polar surface area (TPSA) is 301 Å². The molecule has 0 amide bonds. The fraction of sp³-hybridized carbons (Fsp3) is 0.500. The SMILES string of the molecule is O=c1c(C2OCC(O)C(O)C2O)c(-c2ccc(O)cc2)oc2c(C3OCC(O)C(O)C3O)c(O)c(C3OCC(O)C(O)C3O)c(O)c12. The first-order valence-corrected chi connectivity index (χ1v) is 14.6. The highest BCUT2D eigenvalue weighted by Gasteiger charge is 2.47. The molecule has 3 saturated heterocycles. The molecule has 0 bridgehead atoms. The van der Waals surface area contributed by atoms with Crippen LogP contribution in [0.3, 0.4) is 0 Å². The summed E-state index contributed by atoms with van der Waals surface area (Å²) in [6, 6.07) is 5.07. The highest BCUT2D eigenvalue weighted by atomic mass is 16.5. The first-order valence-electron chi connectivity index (χ1n) is 14.6. The Bertz CT molecular complexity index is 1690. The van der Waals surface area contributed by atoms with Gasteiger partial charge in [-0.15, -0.1) is 0 Å². The van der Waals surface area contributed by atoms with Crippen molar-refractivity contribution < 1.29 is 79.9 Å². The second kappa shape index (κ2) is 12.5. The molecular formula is C30H34O17. The van der Waals surface area contributed by atoms with Crippen LogP contribution < -0.4 is 5.43 Å². The molecule has 12 atom stereocenters. The molecule has 1 aromatic heterocycles. The molecule has 17 heteroatoms. The number of aliphatic hydroxyl groups excluding tert-OH is 9. The normalized spacial score (nSPS) is 36.4. The largest absolute Gasteiger partial charge is 0.508 e. The van der Waals surface area contributed by atoms with E-state index in [9.17, 15) is 66.1 Å². The van der Waals surface area contributed by atoms with Crippen LogP contribution in [0.25, 0.3) is 22.3 Å². The van der Waals surface area contributed by atoms with E-state index in [1.807, 2.05) is 0 Å². The molecule has 0 spiro atoms. The first kappa shape index (κ1) is 33.5. The lowest BCUT2D eigenvalue weighted by atomic mass is 9.85. The van der Waals surface area contributed by atoms with Gasteiger partial charge in [0.25, 0.3) is 0 Å². The molecule has 6 rings (SSSR count). The fourth-order valence-electron chi connectivity index (χ4n) is 6.25. The van der Waals surface area contributed by atoms with Gasteiger partial charge in [0, 0.05) is 5.56 Å². The van der Waals surface area contributed by atoms with Crippen molar-refractivity contribution in [1.82, 2.24) is 0 Å². The van der Waals surface area contributed by atoms with Crippen molar-refractivity contribution in [3.05, 3.63) is 51.2 Å². The van der Waals surface area contributed by atoms with Crippen molar-refractivity contribution in [2.24, 2.45) is 0 Å². The molecule has 3 aliphatic heterocycles. The highest BCUT2D eigenvalue weighted by Crippen LogP contribution is 2.51. The first-order chi connectivity index (χ1) is 22.2. The fourth-order valence-corrected chi connectivity index (χ4v) is 6.25. The van der Waals surface area contributed by atoms with Gasteiger partial charge in [-0.3, -0.25) is 4.79 Å². The summed E-state index contributed by atoms with van der Waals surface area (Å²) in [6.07, 6.45) is -21.3. The average molecular weight is 667 g/mol. The Morgan fingerprint density at radius 2 is 0.957 bits per heavy atom. The number of aromatic hydroxyl groups is 3. The van der Waals surface area contributed by atoms with E-state index >= 15 is 0 Å². The summed E-state index contributed by atoms with van der Waals surface area (Å²) >= 11 is 0. The third kappa shape index (κ3) is 5.43. The van der Waals surface area contributed by atoms with Gasteiger partial charge < -0.3 is 79.9 Å². The lowest BCUT2D eigenvalue weighted by Crippen LogP contribution is -2.50. The van der Waals surface area contributed by atoms with E-state index in [0.29, 0.717) is 0 Å². The minimum absolute atomic E-state index is 0.0749. The molecular weight excluding hydrogens is 632 g/mol. The van der Waals surface area contributed by atoms with E-state index < -0.39 is 138 Å². The second-order valence-electron chi connectivity index (χ2n) is 11.9. The Hall–Kier alpha value is -3.43. The standard InChI is InChI=1S/C30H34O17/c31-9-3-1-8(2-4-9)26-15(29-24(42)18(36)11(33)6-45-29)21(39)13-20(38)14(28-23(41)17(35)10(32)5-44-28)22(40)16(27(13)47-26)30-25(43)19(37)12(34)7-46-30/h1-4,10-12,17-19,23-25,28-38,40-43H,5-7H2. The molecule has 256 valence electrons. The lowest BCUT2D eigenvalue weighted by Gasteiger charge is -2.38. The number of hydrogen-bond acceptors (Lipinski definition) is 17. The van der Waals surface area contributed by atoms with E-state index in [4.69, 9.17) is 18.6 Å². The summed E-state index contributed by atoms with van der Waals surface area (Å²) in [7, 11) is 0. The molecule has 47 heavy (non-hydrogen) atoms. The molecule has 12 N–H and O–H groups in total. The van der Waals surface area contributed by atoms with Crippen LogP contribution >= 0.6 is 0 Å². The van der Waals surface area contributed by atoms with Gasteiger partial charge in [-0.1, -0.05) is 0 Å². The summed E-state index contributed by atoms with van der Waals surface area (Å²) < 4.78 is 22.8. The summed E-state index contributed by atoms with van der Waals surface area (Å²) in [6.45, 7) is -1.72. The van der Waals surface area contributed by atoms with E-state index in [1.54, 1.807) is 0 Å². The summed E-state index contributed by atoms with van der Waals surface area (Å²) in [4.78, 5) is 14.5. The van der Waals surface area contributed by atoms with Crippen LogP contribution in [0.15, 0.2) is 33.5 Å². The maximum Gasteiger partial charge on any atom is 0.203 e. The van der Waals surface area contributed by atoms with Crippen LogP contribution in [0, 0.1) is 0 Å². The number of phenols is 3. The predicted molar refractivity (Wildman–Crippen MR) is 153 cm³/mol. The Morgan fingerprint density at radius 1 is 0.532 bits per heavy atom. The van der Waals surface area contributed by atoms with Gasteiger partial charge in [0.2, 0.25) is 5.43 Å². The van der Waals surface area contributed by atoms with E-state index in [1.165, 1.54) is 24.3 Å². The number of phenolic OH excluding ortho intramolecular Hbond substituents is 3. The van der Waals surface area contributed by atoms with Gasteiger partial charge in [-0.2, -0.15) is 0 Å². The van der Waals surface area contributed by atoms with Gasteiger partial charge in [0.05, 0.1) is 36.5 Å². The molecule has 3 fully saturated rings. The molecule has 4 heterocycles. The van der Waals surface area contributed by atoms with E-state index in [-0.39, 0.29) is 17.1 Å². The van der Waals surface area contributed by atoms with Crippen molar-refractivity contribution in [1.29, 1.82) is 0 Å². The molecule has 3 aliphatic rings. The third-order valence-electron chi connectivity index (χ3n) is 8.88. The third-order valence-corrected chi connectivity index (χ3v) is 8.88. The van der Waals surface area contributed by atoms with E-state index in [2.05, 4.69) is 0 Å². The van der Waals surface area contributed by atoms with Crippen LogP contribution in [0.4, 0.5) is 0 Å². The molecule has 0 saturated carbocycles. The summed E-state index contributed by atoms with van der Waals surface area (Å²) in [5.74, 6) is -2.59. The summed E-state index contributed by atoms with van der Waals surface area (Å²) in [5.41, 5.74) is -3.47. The van der Waals surface area contributed by atoms with Crippen molar-refractivity contribution in [2.45, 2.75) is 73.2 Å². The number of fused-ring (bicyclic) bond motifs is 1. The Labute approximate surface area is 263 Å². The Kier molecular flexibility index (Phi) is 8.94. The maximum absolute atomic E-state index is 14.5. The minimum Gasteiger partial charge on any atom is -0.508 e. The zero-order valence-electron chi connectivity index (χ0n) is 24.3. The lowest BCUT2D eigenvalue weighted by molar-refractivity contribution is -0.191. The molecule has 12 unspecified atom stereocenters. The number of hydrogen-bond donors (Lipinski definition) is 12. The Balaban J connectivity index is 1.71. The summed E-state index contributed by atoms with van der Waals surface area (Å²) in [5, 5.41) is 127. The molecule has 0 aliphatic carbocycles. The Morgan fingerprint density at radius 3 is 1.43 bits per heavy atom. The van der Waals surface area contributed by atoms with Gasteiger partial charge in [-0.25, -0.2) is 0 Å². The molecule has 0 radical (unpaired) electrons. The monoisotopic (exact) mass is 666 g/mol. The van der Waals surface area contributed by atoms with Crippen molar-refractivity contribution >= 4 is 11.0 Å². The second-order valence-corrected chi connectivity index (χ2v) is 11.9. The predicted octanol–water partition coefficient (Wildman–Crippen LogP) is -2.96. The molecule has 17 nitrogen and oxygen atoms in total. The quantitative estimate of drug-likeness (QED) is 0.132. The average Bonchev–Trinajstić information content (AvgIpc) is 3.04. The number of aliphatic hydroxyl groups is 9. The highest BCUT2D eigenvalue weighted by molar-refractivity contribution is 5.93. The molecule has 3 aromatic rings. The van der Waals surface area contributed by atoms with Crippen molar-refractivity contribution in [3.63, 3.8) is 0 Å². The van der Waals surface area contributed by atoms with Crippen molar-refractivity contribution in [2.75, 3.05) is 19.8 Å². The van der Waals surface area contributed by atoms with Crippen molar-refractivity contribution in [3.8, 4) is 28.6 Å². The van der Waals surface area contributed by atoms with Gasteiger partial charge in [0.1, 0.15) is 102 Å². The maximum atomic E-state index is 14.5. The van der Waals surface area contributed by atoms with Crippen LogP contribution in [0.1, 0.15) is 35.0 Å². The minimum atomic E-state index is -1.99. The van der Waals surface area contributed by atoms with Gasteiger partial charge in [-0.05, 0) is 24.3 Å². The van der Waals surface area contributed by atoms with Gasteiger partial charge in [0.15, 0.2) is 5.58 Å². The number of ether oxygens (including phenoxy) is 3. The van der Waals surface area contributed by atoms with Crippen LogP contribution in [0.5, 0.6) is 17.2 Å². The molecule has 2 aromatic carbocycles. The zero-order valence-corrected chi connectivity index (χ0v) is 24.3. The smallest absolute Gasteiger partial charge is 0.203 e. The van der Waals surface area contributed by atoms with Crippen LogP contribution in [-0.2, 0) is 14.2 Å². The van der Waals surface area contributed by atoms with Crippen LogP contribution in [-0.4, -0.2) is 136 Å².